The number of aryl methyl sites for hydroxylation is 1. The summed E-state index contributed by atoms with van der Waals surface area (Å²) in [6.45, 7) is 5.99. The topological polar surface area (TPSA) is 42.3 Å². The first-order chi connectivity index (χ1) is 15.5. The molecule has 4 heterocycles. The Morgan fingerprint density at radius 3 is 2.78 bits per heavy atom. The van der Waals surface area contributed by atoms with Crippen molar-refractivity contribution >= 4 is 33.3 Å². The van der Waals surface area contributed by atoms with E-state index < -0.39 is 0 Å². The van der Waals surface area contributed by atoms with Gasteiger partial charge >= 0.3 is 0 Å². The van der Waals surface area contributed by atoms with Crippen molar-refractivity contribution in [2.24, 2.45) is 0 Å². The lowest BCUT2D eigenvalue weighted by Gasteiger charge is -2.30. The number of pyridine rings is 1. The average Bonchev–Trinajstić information content (AvgIpc) is 3.48. The van der Waals surface area contributed by atoms with Gasteiger partial charge < -0.3 is 19.5 Å². The van der Waals surface area contributed by atoms with Crippen LogP contribution in [0.1, 0.15) is 47.6 Å². The Bertz CT molecular complexity index is 1130. The van der Waals surface area contributed by atoms with E-state index in [9.17, 15) is 0 Å². The molecule has 5 nitrogen and oxygen atoms in total. The molecule has 3 aromatic rings. The lowest BCUT2D eigenvalue weighted by atomic mass is 9.96. The second-order valence-corrected chi connectivity index (χ2v) is 9.86. The number of halogens is 1. The fourth-order valence-electron chi connectivity index (χ4n) is 5.05. The third-order valence-corrected chi connectivity index (χ3v) is 7.32. The molecule has 0 bridgehead atoms. The van der Waals surface area contributed by atoms with Gasteiger partial charge in [-0.2, -0.15) is 0 Å². The van der Waals surface area contributed by atoms with Gasteiger partial charge in [-0.3, -0.25) is 4.98 Å². The minimum absolute atomic E-state index is 0.0124. The van der Waals surface area contributed by atoms with Crippen LogP contribution >= 0.6 is 28.1 Å². The number of rotatable bonds is 5. The van der Waals surface area contributed by atoms with Crippen LogP contribution in [0.25, 0.3) is 5.69 Å². The van der Waals surface area contributed by atoms with Gasteiger partial charge in [-0.05, 0) is 80.9 Å². The van der Waals surface area contributed by atoms with Gasteiger partial charge in [-0.1, -0.05) is 28.1 Å². The first-order valence-corrected chi connectivity index (χ1v) is 12.3. The third-order valence-electron chi connectivity index (χ3n) is 6.48. The van der Waals surface area contributed by atoms with Crippen molar-refractivity contribution in [2.75, 3.05) is 13.2 Å². The molecule has 3 atom stereocenters. The van der Waals surface area contributed by atoms with Gasteiger partial charge in [0.05, 0.1) is 23.9 Å². The molecule has 2 aliphatic heterocycles. The predicted molar refractivity (Wildman–Crippen MR) is 134 cm³/mol. The monoisotopic (exact) mass is 510 g/mol. The number of hydrogen-bond acceptors (Lipinski definition) is 3. The van der Waals surface area contributed by atoms with Gasteiger partial charge in [0.15, 0.2) is 5.11 Å². The van der Waals surface area contributed by atoms with Gasteiger partial charge in [-0.25, -0.2) is 0 Å². The van der Waals surface area contributed by atoms with Gasteiger partial charge in [0.1, 0.15) is 0 Å². The molecule has 1 N–H and O–H groups in total. The summed E-state index contributed by atoms with van der Waals surface area (Å²) in [6.07, 6.45) is 4.26. The molecule has 0 amide bonds. The molecule has 2 aliphatic rings. The Hall–Kier alpha value is -2.22. The van der Waals surface area contributed by atoms with Crippen molar-refractivity contribution in [3.63, 3.8) is 0 Å². The highest BCUT2D eigenvalue weighted by Gasteiger charge is 2.42. The highest BCUT2D eigenvalue weighted by molar-refractivity contribution is 9.10. The molecule has 2 aromatic heterocycles. The molecule has 0 saturated carbocycles. The lowest BCUT2D eigenvalue weighted by Crippen LogP contribution is -2.36. The zero-order chi connectivity index (χ0) is 22.2. The standard InChI is InChI=1S/C25H27BrN4OS/c1-16-13-21(17(2)30(16)19-8-5-7-18(26)14-19)24-23(22-10-3-4-11-27-22)28-25(32)29(24)15-20-9-6-12-31-20/h3-5,7-8,10-11,13-14,20,23-24H,6,9,12,15H2,1-2H3,(H,28,32)/t20-,23-,24-/m0/s1. The summed E-state index contributed by atoms with van der Waals surface area (Å²) in [5.74, 6) is 0. The van der Waals surface area contributed by atoms with Gasteiger partial charge in [0.25, 0.3) is 0 Å². The number of thiocarbonyl (C=S) groups is 1. The fraction of sp³-hybridized carbons (Fsp3) is 0.360. The maximum Gasteiger partial charge on any atom is 0.170 e. The van der Waals surface area contributed by atoms with Crippen molar-refractivity contribution in [1.29, 1.82) is 0 Å². The van der Waals surface area contributed by atoms with E-state index in [1.54, 1.807) is 0 Å². The minimum Gasteiger partial charge on any atom is -0.376 e. The number of hydrogen-bond donors (Lipinski definition) is 1. The van der Waals surface area contributed by atoms with Crippen LogP contribution < -0.4 is 5.32 Å². The first kappa shape index (κ1) is 21.6. The fourth-order valence-corrected chi connectivity index (χ4v) is 5.75. The Morgan fingerprint density at radius 1 is 1.19 bits per heavy atom. The summed E-state index contributed by atoms with van der Waals surface area (Å²) in [7, 11) is 0. The Morgan fingerprint density at radius 2 is 2.06 bits per heavy atom. The SMILES string of the molecule is Cc1cc([C@H]2[C@H](c3ccccn3)NC(=S)N2C[C@@H]2CCCO2)c(C)n1-c1cccc(Br)c1. The van der Waals surface area contributed by atoms with E-state index in [1.165, 1.54) is 17.0 Å². The second kappa shape index (κ2) is 8.96. The number of aromatic nitrogens is 2. The maximum absolute atomic E-state index is 5.97. The van der Waals surface area contributed by atoms with E-state index in [0.29, 0.717) is 0 Å². The van der Waals surface area contributed by atoms with E-state index in [1.807, 2.05) is 18.3 Å². The summed E-state index contributed by atoms with van der Waals surface area (Å²) in [5.41, 5.74) is 5.83. The van der Waals surface area contributed by atoms with Gasteiger partial charge in [-0.15, -0.1) is 0 Å². The number of nitrogens with one attached hydrogen (secondary N) is 1. The maximum atomic E-state index is 5.97. The first-order valence-electron chi connectivity index (χ1n) is 11.1. The molecule has 2 fully saturated rings. The lowest BCUT2D eigenvalue weighted by molar-refractivity contribution is 0.0842. The molecule has 0 spiro atoms. The minimum atomic E-state index is -0.0124. The number of nitrogens with zero attached hydrogens (tertiary/aromatic N) is 3. The van der Waals surface area contributed by atoms with Crippen molar-refractivity contribution in [3.8, 4) is 5.69 Å². The van der Waals surface area contributed by atoms with Crippen LogP contribution in [-0.2, 0) is 4.74 Å². The molecule has 5 rings (SSSR count). The Labute approximate surface area is 202 Å². The highest BCUT2D eigenvalue weighted by Crippen LogP contribution is 2.42. The smallest absolute Gasteiger partial charge is 0.170 e. The molecule has 166 valence electrons. The summed E-state index contributed by atoms with van der Waals surface area (Å²) >= 11 is 9.46. The molecule has 0 unspecified atom stereocenters. The molecule has 0 aliphatic carbocycles. The summed E-state index contributed by atoms with van der Waals surface area (Å²) in [5, 5.41) is 4.34. The predicted octanol–water partition coefficient (Wildman–Crippen LogP) is 5.40. The zero-order valence-electron chi connectivity index (χ0n) is 18.3. The normalized spacial score (nSPS) is 23.0. The summed E-state index contributed by atoms with van der Waals surface area (Å²) in [6, 6.07) is 16.8. The molecule has 0 radical (unpaired) electrons. The van der Waals surface area contributed by atoms with Crippen molar-refractivity contribution in [1.82, 2.24) is 19.8 Å². The summed E-state index contributed by atoms with van der Waals surface area (Å²) < 4.78 is 9.36. The molecule has 1 aromatic carbocycles. The van der Waals surface area contributed by atoms with Crippen molar-refractivity contribution in [2.45, 2.75) is 44.9 Å². The van der Waals surface area contributed by atoms with Gasteiger partial charge in [0, 0.05) is 40.9 Å². The van der Waals surface area contributed by atoms with Crippen molar-refractivity contribution in [3.05, 3.63) is 81.8 Å². The van der Waals surface area contributed by atoms with Crippen LogP contribution in [0.4, 0.5) is 0 Å². The van der Waals surface area contributed by atoms with E-state index >= 15 is 0 Å². The van der Waals surface area contributed by atoms with E-state index in [0.717, 1.165) is 47.0 Å². The van der Waals surface area contributed by atoms with Crippen LogP contribution in [0.15, 0.2) is 59.2 Å². The Balaban J connectivity index is 1.59. The molecule has 7 heteroatoms. The second-order valence-electron chi connectivity index (χ2n) is 8.56. The average molecular weight is 511 g/mol. The van der Waals surface area contributed by atoms with Crippen LogP contribution in [0.2, 0.25) is 0 Å². The number of benzene rings is 1. The molecular weight excluding hydrogens is 484 g/mol. The van der Waals surface area contributed by atoms with E-state index in [-0.39, 0.29) is 18.2 Å². The third kappa shape index (κ3) is 3.98. The quantitative estimate of drug-likeness (QED) is 0.465. The number of ether oxygens (including phenoxy) is 1. The van der Waals surface area contributed by atoms with E-state index in [4.69, 9.17) is 17.0 Å². The van der Waals surface area contributed by atoms with E-state index in [2.05, 4.69) is 85.9 Å². The largest absolute Gasteiger partial charge is 0.376 e. The van der Waals surface area contributed by atoms with Crippen LogP contribution in [0.3, 0.4) is 0 Å². The van der Waals surface area contributed by atoms with Crippen LogP contribution in [0, 0.1) is 13.8 Å². The highest BCUT2D eigenvalue weighted by atomic mass is 79.9. The zero-order valence-corrected chi connectivity index (χ0v) is 20.7. The van der Waals surface area contributed by atoms with Crippen LogP contribution in [0.5, 0.6) is 0 Å². The molecule has 32 heavy (non-hydrogen) atoms. The van der Waals surface area contributed by atoms with Crippen molar-refractivity contribution < 1.29 is 4.74 Å². The van der Waals surface area contributed by atoms with Crippen LogP contribution in [-0.4, -0.2) is 38.8 Å². The summed E-state index contributed by atoms with van der Waals surface area (Å²) in [4.78, 5) is 6.99. The molecule has 2 saturated heterocycles. The van der Waals surface area contributed by atoms with Gasteiger partial charge in [0.2, 0.25) is 0 Å². The molecular formula is C25H27BrN4OS. The Kier molecular flexibility index (Phi) is 6.05.